The molecule has 0 unspecified atom stereocenters. The maximum absolute atomic E-state index is 12.0. The van der Waals surface area contributed by atoms with Gasteiger partial charge in [-0.2, -0.15) is 0 Å². The van der Waals surface area contributed by atoms with Crippen molar-refractivity contribution in [1.82, 2.24) is 15.1 Å². The van der Waals surface area contributed by atoms with Gasteiger partial charge in [0.2, 0.25) is 5.91 Å². The summed E-state index contributed by atoms with van der Waals surface area (Å²) in [5.41, 5.74) is 5.48. The predicted octanol–water partition coefficient (Wildman–Crippen LogP) is 1.57. The second kappa shape index (κ2) is 10.3. The van der Waals surface area contributed by atoms with Gasteiger partial charge < -0.3 is 20.9 Å². The third kappa shape index (κ3) is 6.77. The van der Waals surface area contributed by atoms with Crippen molar-refractivity contribution >= 4 is 5.91 Å². The summed E-state index contributed by atoms with van der Waals surface area (Å²) >= 11 is 0. The molecule has 2 fully saturated rings. The number of nitrogens with one attached hydrogen (secondary N) is 1. The molecule has 2 saturated heterocycles. The van der Waals surface area contributed by atoms with Gasteiger partial charge in [-0.3, -0.25) is 4.79 Å². The molecule has 0 atom stereocenters. The zero-order chi connectivity index (χ0) is 16.5. The molecule has 2 rings (SSSR count). The Morgan fingerprint density at radius 1 is 1.00 bits per heavy atom. The number of hydrogen-bond donors (Lipinski definition) is 2. The molecular weight excluding hydrogens is 288 g/mol. The van der Waals surface area contributed by atoms with Gasteiger partial charge in [0.05, 0.1) is 0 Å². The molecule has 0 aromatic rings. The first-order valence-corrected chi connectivity index (χ1v) is 9.61. The summed E-state index contributed by atoms with van der Waals surface area (Å²) in [5, 5.41) is 3.24. The van der Waals surface area contributed by atoms with Crippen molar-refractivity contribution < 1.29 is 4.79 Å². The average Bonchev–Trinajstić information content (AvgIpc) is 2.56. The summed E-state index contributed by atoms with van der Waals surface area (Å²) in [7, 11) is 2.22. The maximum Gasteiger partial charge on any atom is 0.220 e. The zero-order valence-corrected chi connectivity index (χ0v) is 14.9. The summed E-state index contributed by atoms with van der Waals surface area (Å²) in [6, 6.07) is 1.17. The van der Waals surface area contributed by atoms with Crippen LogP contribution in [0.25, 0.3) is 0 Å². The molecule has 134 valence electrons. The highest BCUT2D eigenvalue weighted by Crippen LogP contribution is 2.20. The summed E-state index contributed by atoms with van der Waals surface area (Å²) in [4.78, 5) is 17.1. The van der Waals surface area contributed by atoms with Crippen molar-refractivity contribution in [3.8, 4) is 0 Å². The fraction of sp³-hybridized carbons (Fsp3) is 0.944. The Balaban J connectivity index is 1.56. The van der Waals surface area contributed by atoms with Gasteiger partial charge >= 0.3 is 0 Å². The highest BCUT2D eigenvalue weighted by Gasteiger charge is 2.27. The molecular formula is C18H36N4O. The fourth-order valence-electron chi connectivity index (χ4n) is 3.85. The summed E-state index contributed by atoms with van der Waals surface area (Å²) < 4.78 is 0. The number of nitrogens with zero attached hydrogens (tertiary/aromatic N) is 2. The Bertz CT molecular complexity index is 334. The SMILES string of the molecule is CN1CCC(N2CCC(NC(=O)CCCCCCN)CC2)CC1. The van der Waals surface area contributed by atoms with Gasteiger partial charge in [0.25, 0.3) is 0 Å². The van der Waals surface area contributed by atoms with Crippen LogP contribution in [0.3, 0.4) is 0 Å². The number of piperidine rings is 2. The van der Waals surface area contributed by atoms with Gasteiger partial charge in [-0.15, -0.1) is 0 Å². The number of hydrogen-bond acceptors (Lipinski definition) is 4. The Kier molecular flexibility index (Phi) is 8.34. The van der Waals surface area contributed by atoms with Crippen molar-refractivity contribution in [1.29, 1.82) is 0 Å². The van der Waals surface area contributed by atoms with Crippen LogP contribution >= 0.6 is 0 Å². The van der Waals surface area contributed by atoms with Gasteiger partial charge in [0, 0.05) is 31.6 Å². The van der Waals surface area contributed by atoms with E-state index < -0.39 is 0 Å². The molecule has 0 bridgehead atoms. The Labute approximate surface area is 142 Å². The van der Waals surface area contributed by atoms with E-state index in [0.29, 0.717) is 12.5 Å². The molecule has 0 aromatic carbocycles. The molecule has 1 amide bonds. The van der Waals surface area contributed by atoms with Crippen LogP contribution in [0, 0.1) is 0 Å². The van der Waals surface area contributed by atoms with E-state index in [4.69, 9.17) is 5.73 Å². The van der Waals surface area contributed by atoms with E-state index in [2.05, 4.69) is 22.2 Å². The second-order valence-electron chi connectivity index (χ2n) is 7.37. The predicted molar refractivity (Wildman–Crippen MR) is 95.4 cm³/mol. The average molecular weight is 325 g/mol. The van der Waals surface area contributed by atoms with Crippen molar-refractivity contribution in [3.63, 3.8) is 0 Å². The molecule has 2 heterocycles. The Morgan fingerprint density at radius 2 is 1.65 bits per heavy atom. The van der Waals surface area contributed by atoms with E-state index in [1.807, 2.05) is 0 Å². The van der Waals surface area contributed by atoms with E-state index in [1.54, 1.807) is 0 Å². The van der Waals surface area contributed by atoms with Gasteiger partial charge in [-0.1, -0.05) is 12.8 Å². The standard InChI is InChI=1S/C18H36N4O/c1-21-12-9-17(10-13-21)22-14-7-16(8-15-22)20-18(23)6-4-2-3-5-11-19/h16-17H,2-15,19H2,1H3,(H,20,23). The number of unbranched alkanes of at least 4 members (excludes halogenated alkanes) is 3. The minimum absolute atomic E-state index is 0.246. The van der Waals surface area contributed by atoms with Crippen molar-refractivity contribution in [2.45, 2.75) is 69.9 Å². The number of nitrogens with two attached hydrogens (primary N) is 1. The van der Waals surface area contributed by atoms with Crippen LogP contribution in [0.5, 0.6) is 0 Å². The summed E-state index contributed by atoms with van der Waals surface area (Å²) in [6.45, 7) is 5.52. The van der Waals surface area contributed by atoms with Gasteiger partial charge in [0.15, 0.2) is 0 Å². The Hall–Kier alpha value is -0.650. The lowest BCUT2D eigenvalue weighted by Crippen LogP contribution is -2.50. The first kappa shape index (κ1) is 18.7. The smallest absolute Gasteiger partial charge is 0.220 e. The molecule has 0 aromatic heterocycles. The Morgan fingerprint density at radius 3 is 2.30 bits per heavy atom. The number of carbonyl (C=O) groups is 1. The molecule has 2 aliphatic rings. The van der Waals surface area contributed by atoms with Crippen LogP contribution in [0.15, 0.2) is 0 Å². The van der Waals surface area contributed by atoms with E-state index in [-0.39, 0.29) is 5.91 Å². The van der Waals surface area contributed by atoms with E-state index >= 15 is 0 Å². The van der Waals surface area contributed by atoms with Crippen molar-refractivity contribution in [2.24, 2.45) is 5.73 Å². The number of likely N-dealkylation sites (tertiary alicyclic amines) is 2. The van der Waals surface area contributed by atoms with E-state index in [0.717, 1.165) is 64.2 Å². The number of amides is 1. The highest BCUT2D eigenvalue weighted by atomic mass is 16.1. The third-order valence-corrected chi connectivity index (χ3v) is 5.46. The molecule has 5 heteroatoms. The first-order valence-electron chi connectivity index (χ1n) is 9.61. The zero-order valence-electron chi connectivity index (χ0n) is 14.9. The molecule has 2 aliphatic heterocycles. The second-order valence-corrected chi connectivity index (χ2v) is 7.37. The van der Waals surface area contributed by atoms with Crippen LogP contribution in [-0.2, 0) is 4.79 Å². The van der Waals surface area contributed by atoms with Crippen molar-refractivity contribution in [3.05, 3.63) is 0 Å². The molecule has 0 spiro atoms. The molecule has 3 N–H and O–H groups in total. The quantitative estimate of drug-likeness (QED) is 0.665. The number of rotatable bonds is 8. The van der Waals surface area contributed by atoms with Crippen molar-refractivity contribution in [2.75, 3.05) is 39.8 Å². The van der Waals surface area contributed by atoms with E-state index in [9.17, 15) is 4.79 Å². The van der Waals surface area contributed by atoms with E-state index in [1.165, 1.54) is 25.9 Å². The lowest BCUT2D eigenvalue weighted by Gasteiger charge is -2.41. The largest absolute Gasteiger partial charge is 0.353 e. The molecule has 0 saturated carbocycles. The summed E-state index contributed by atoms with van der Waals surface area (Å²) in [6.07, 6.45) is 9.87. The van der Waals surface area contributed by atoms with Crippen LogP contribution in [0.2, 0.25) is 0 Å². The minimum atomic E-state index is 0.246. The monoisotopic (exact) mass is 324 g/mol. The molecule has 0 aliphatic carbocycles. The van der Waals surface area contributed by atoms with Crippen LogP contribution in [-0.4, -0.2) is 67.6 Å². The molecule has 5 nitrogen and oxygen atoms in total. The van der Waals surface area contributed by atoms with Crippen LogP contribution in [0.1, 0.15) is 57.8 Å². The first-order chi connectivity index (χ1) is 11.2. The lowest BCUT2D eigenvalue weighted by molar-refractivity contribution is -0.122. The highest BCUT2D eigenvalue weighted by molar-refractivity contribution is 5.76. The topological polar surface area (TPSA) is 61.6 Å². The lowest BCUT2D eigenvalue weighted by atomic mass is 9.98. The van der Waals surface area contributed by atoms with Gasteiger partial charge in [-0.25, -0.2) is 0 Å². The molecule has 0 radical (unpaired) electrons. The van der Waals surface area contributed by atoms with Crippen LogP contribution in [0.4, 0.5) is 0 Å². The normalized spacial score (nSPS) is 22.3. The van der Waals surface area contributed by atoms with Crippen LogP contribution < -0.4 is 11.1 Å². The minimum Gasteiger partial charge on any atom is -0.353 e. The number of carbonyl (C=O) groups excluding carboxylic acids is 1. The third-order valence-electron chi connectivity index (χ3n) is 5.46. The summed E-state index contributed by atoms with van der Waals surface area (Å²) in [5.74, 6) is 0.246. The fourth-order valence-corrected chi connectivity index (χ4v) is 3.85. The van der Waals surface area contributed by atoms with Gasteiger partial charge in [0.1, 0.15) is 0 Å². The maximum atomic E-state index is 12.0. The molecule has 23 heavy (non-hydrogen) atoms. The van der Waals surface area contributed by atoms with Gasteiger partial charge in [-0.05, 0) is 65.2 Å².